The van der Waals surface area contributed by atoms with E-state index in [1.165, 1.54) is 30.5 Å². The van der Waals surface area contributed by atoms with Crippen LogP contribution in [0.3, 0.4) is 0 Å². The highest BCUT2D eigenvalue weighted by Crippen LogP contribution is 2.27. The average Bonchev–Trinajstić information content (AvgIpc) is 3.47. The Kier molecular flexibility index (Phi) is 7.31. The number of carbonyl (C=O) groups is 2. The van der Waals surface area contributed by atoms with E-state index < -0.39 is 11.6 Å². The normalized spacial score (nSPS) is 11.8. The van der Waals surface area contributed by atoms with Gasteiger partial charge in [-0.3, -0.25) is 9.59 Å². The molecular formula is C25H22F2N4O3S. The largest absolute Gasteiger partial charge is 0.441 e. The third kappa shape index (κ3) is 6.15. The number of hydrogen-bond acceptors (Lipinski definition) is 6. The van der Waals surface area contributed by atoms with Gasteiger partial charge in [-0.2, -0.15) is 0 Å². The zero-order valence-corrected chi connectivity index (χ0v) is 19.8. The lowest BCUT2D eigenvalue weighted by Gasteiger charge is -2.12. The number of rotatable bonds is 8. The smallest absolute Gasteiger partial charge is 0.226 e. The van der Waals surface area contributed by atoms with E-state index in [1.807, 2.05) is 36.6 Å². The molecule has 4 rings (SSSR count). The van der Waals surface area contributed by atoms with Gasteiger partial charge in [-0.15, -0.1) is 11.3 Å². The second-order valence-electron chi connectivity index (χ2n) is 7.87. The number of carbonyl (C=O) groups excluding carboxylic acids is 2. The number of benzene rings is 2. The minimum absolute atomic E-state index is 0.0912. The van der Waals surface area contributed by atoms with E-state index in [-0.39, 0.29) is 47.9 Å². The van der Waals surface area contributed by atoms with Crippen molar-refractivity contribution in [2.75, 3.05) is 5.32 Å². The van der Waals surface area contributed by atoms with Crippen molar-refractivity contribution >= 4 is 28.3 Å². The van der Waals surface area contributed by atoms with E-state index in [9.17, 15) is 18.4 Å². The van der Waals surface area contributed by atoms with E-state index in [4.69, 9.17) is 4.42 Å². The summed E-state index contributed by atoms with van der Waals surface area (Å²) in [5, 5.41) is 7.90. The summed E-state index contributed by atoms with van der Waals surface area (Å²) < 4.78 is 32.5. The number of aromatic nitrogens is 2. The van der Waals surface area contributed by atoms with Crippen molar-refractivity contribution in [2.45, 2.75) is 32.7 Å². The number of hydrogen-bond donors (Lipinski definition) is 2. The zero-order chi connectivity index (χ0) is 24.9. The second kappa shape index (κ2) is 10.6. The van der Waals surface area contributed by atoms with Crippen molar-refractivity contribution in [3.8, 4) is 22.6 Å². The second-order valence-corrected chi connectivity index (χ2v) is 8.73. The molecular weight excluding hydrogens is 474 g/mol. The molecule has 0 spiro atoms. The molecule has 4 aromatic rings. The summed E-state index contributed by atoms with van der Waals surface area (Å²) in [6.45, 7) is 3.39. The number of nitrogens with zero attached hydrogens (tertiary/aromatic N) is 2. The maximum atomic E-state index is 13.9. The fourth-order valence-corrected chi connectivity index (χ4v) is 4.17. The molecule has 10 heteroatoms. The van der Waals surface area contributed by atoms with E-state index in [0.29, 0.717) is 5.13 Å². The van der Waals surface area contributed by atoms with Gasteiger partial charge in [0.25, 0.3) is 0 Å². The fraction of sp³-hybridized carbons (Fsp3) is 0.200. The van der Waals surface area contributed by atoms with Gasteiger partial charge < -0.3 is 15.1 Å². The van der Waals surface area contributed by atoms with Crippen molar-refractivity contribution in [3.63, 3.8) is 0 Å². The van der Waals surface area contributed by atoms with Gasteiger partial charge in [0.1, 0.15) is 11.6 Å². The van der Waals surface area contributed by atoms with Crippen LogP contribution in [0.1, 0.15) is 37.8 Å². The molecule has 35 heavy (non-hydrogen) atoms. The number of aryl methyl sites for hydroxylation is 1. The average molecular weight is 497 g/mol. The van der Waals surface area contributed by atoms with Gasteiger partial charge in [0.15, 0.2) is 16.8 Å². The lowest BCUT2D eigenvalue weighted by molar-refractivity contribution is -0.119. The van der Waals surface area contributed by atoms with Crippen molar-refractivity contribution < 1.29 is 22.8 Å². The van der Waals surface area contributed by atoms with E-state index in [2.05, 4.69) is 20.6 Å². The molecule has 180 valence electrons. The SMILES string of the molecule is CC(=O)NC(C)c1ccc(-c2csc(NC(=O)CCc3ncc(-c4ccc(F)cc4F)o3)n2)cc1. The Morgan fingerprint density at radius 2 is 1.91 bits per heavy atom. The quantitative estimate of drug-likeness (QED) is 0.335. The molecule has 1 atom stereocenters. The number of thiazole rings is 1. The highest BCUT2D eigenvalue weighted by molar-refractivity contribution is 7.14. The minimum atomic E-state index is -0.748. The Bertz CT molecular complexity index is 1350. The first kappa shape index (κ1) is 24.2. The summed E-state index contributed by atoms with van der Waals surface area (Å²) in [6, 6.07) is 10.8. The Morgan fingerprint density at radius 1 is 1.14 bits per heavy atom. The molecule has 2 N–H and O–H groups in total. The van der Waals surface area contributed by atoms with E-state index >= 15 is 0 Å². The Hall–Kier alpha value is -3.92. The molecule has 0 aliphatic heterocycles. The number of amides is 2. The van der Waals surface area contributed by atoms with Crippen LogP contribution in [0.5, 0.6) is 0 Å². The van der Waals surface area contributed by atoms with Crippen LogP contribution >= 0.6 is 11.3 Å². The number of anilines is 1. The van der Waals surface area contributed by atoms with Crippen molar-refractivity contribution in [1.82, 2.24) is 15.3 Å². The molecule has 2 amide bonds. The van der Waals surface area contributed by atoms with Crippen LogP contribution in [0.15, 0.2) is 58.5 Å². The first-order valence-electron chi connectivity index (χ1n) is 10.8. The Balaban J connectivity index is 1.32. The molecule has 2 aromatic heterocycles. The summed E-state index contributed by atoms with van der Waals surface area (Å²) in [4.78, 5) is 32.1. The van der Waals surface area contributed by atoms with Crippen LogP contribution in [-0.4, -0.2) is 21.8 Å². The highest BCUT2D eigenvalue weighted by atomic mass is 32.1. The Morgan fingerprint density at radius 3 is 2.63 bits per heavy atom. The first-order chi connectivity index (χ1) is 16.8. The van der Waals surface area contributed by atoms with Gasteiger partial charge in [0.05, 0.1) is 23.5 Å². The first-order valence-corrected chi connectivity index (χ1v) is 11.7. The number of nitrogens with one attached hydrogen (secondary N) is 2. The van der Waals surface area contributed by atoms with Crippen LogP contribution < -0.4 is 10.6 Å². The number of halogens is 2. The molecule has 0 fully saturated rings. The summed E-state index contributed by atoms with van der Waals surface area (Å²) >= 11 is 1.31. The monoisotopic (exact) mass is 496 g/mol. The van der Waals surface area contributed by atoms with Gasteiger partial charge >= 0.3 is 0 Å². The van der Waals surface area contributed by atoms with Gasteiger partial charge in [0.2, 0.25) is 11.8 Å². The standard InChI is InChI=1S/C25H22F2N4O3S/c1-14(29-15(2)32)16-3-5-17(6-4-16)21-13-35-25(30-21)31-23(33)9-10-24-28-12-22(34-24)19-8-7-18(26)11-20(19)27/h3-8,11-14H,9-10H2,1-2H3,(H,29,32)(H,30,31,33). The predicted octanol–water partition coefficient (Wildman–Crippen LogP) is 5.51. The third-order valence-electron chi connectivity index (χ3n) is 5.19. The van der Waals surface area contributed by atoms with Crippen molar-refractivity contribution in [3.05, 3.63) is 77.1 Å². The topological polar surface area (TPSA) is 97.1 Å². The molecule has 0 bridgehead atoms. The molecule has 0 radical (unpaired) electrons. The van der Waals surface area contributed by atoms with Gasteiger partial charge in [0, 0.05) is 36.8 Å². The Labute approximate surface area is 204 Å². The fourth-order valence-electron chi connectivity index (χ4n) is 3.44. The molecule has 0 saturated heterocycles. The maximum absolute atomic E-state index is 13.9. The highest BCUT2D eigenvalue weighted by Gasteiger charge is 2.14. The molecule has 2 heterocycles. The van der Waals surface area contributed by atoms with Crippen molar-refractivity contribution in [1.29, 1.82) is 0 Å². The van der Waals surface area contributed by atoms with Gasteiger partial charge in [-0.05, 0) is 24.6 Å². The van der Waals surface area contributed by atoms with Gasteiger partial charge in [-0.25, -0.2) is 18.7 Å². The third-order valence-corrected chi connectivity index (χ3v) is 5.95. The van der Waals surface area contributed by atoms with Crippen LogP contribution in [-0.2, 0) is 16.0 Å². The van der Waals surface area contributed by atoms with Crippen LogP contribution in [0.2, 0.25) is 0 Å². The lowest BCUT2D eigenvalue weighted by atomic mass is 10.1. The summed E-state index contributed by atoms with van der Waals surface area (Å²) in [7, 11) is 0. The summed E-state index contributed by atoms with van der Waals surface area (Å²) in [5.74, 6) is -1.35. The molecule has 0 aliphatic carbocycles. The molecule has 2 aromatic carbocycles. The molecule has 0 saturated carbocycles. The van der Waals surface area contributed by atoms with Gasteiger partial charge in [-0.1, -0.05) is 24.3 Å². The zero-order valence-electron chi connectivity index (χ0n) is 19.0. The molecule has 1 unspecified atom stereocenters. The van der Waals surface area contributed by atoms with Crippen molar-refractivity contribution in [2.24, 2.45) is 0 Å². The lowest BCUT2D eigenvalue weighted by Crippen LogP contribution is -2.23. The molecule has 7 nitrogen and oxygen atoms in total. The van der Waals surface area contributed by atoms with Crippen LogP contribution in [0, 0.1) is 11.6 Å². The minimum Gasteiger partial charge on any atom is -0.441 e. The predicted molar refractivity (Wildman–Crippen MR) is 129 cm³/mol. The van der Waals surface area contributed by atoms with E-state index in [0.717, 1.165) is 29.0 Å². The van der Waals surface area contributed by atoms with E-state index in [1.54, 1.807) is 0 Å². The maximum Gasteiger partial charge on any atom is 0.226 e. The summed E-state index contributed by atoms with van der Waals surface area (Å²) in [5.41, 5.74) is 2.69. The number of oxazole rings is 1. The van der Waals surface area contributed by atoms with Crippen LogP contribution in [0.4, 0.5) is 13.9 Å². The van der Waals surface area contributed by atoms with Crippen LogP contribution in [0.25, 0.3) is 22.6 Å². The summed E-state index contributed by atoms with van der Waals surface area (Å²) in [6.07, 6.45) is 1.65. The molecule has 0 aliphatic rings.